The summed E-state index contributed by atoms with van der Waals surface area (Å²) in [5.74, 6) is -0.199. The number of aryl methyl sites for hydroxylation is 1. The smallest absolute Gasteiger partial charge is 1.00 e. The Morgan fingerprint density at radius 2 is 1.89 bits per heavy atom. The Hall–Kier alpha value is -0.364. The zero-order valence-electron chi connectivity index (χ0n) is 11.6. The molecule has 1 amide bonds. The number of rotatable bonds is 2. The first kappa shape index (κ1) is 22.8. The summed E-state index contributed by atoms with van der Waals surface area (Å²) in [7, 11) is 3.00. The van der Waals surface area contributed by atoms with Gasteiger partial charge >= 0.3 is 23.1 Å². The molecule has 0 aliphatic rings. The Kier molecular flexibility index (Phi) is 16.6. The molecule has 6 heteroatoms. The fraction of sp³-hybridized carbons (Fsp3) is 0.417. The molecule has 18 heavy (non-hydrogen) atoms. The van der Waals surface area contributed by atoms with Crippen molar-refractivity contribution in [2.24, 2.45) is 0 Å². The molecule has 0 aliphatic heterocycles. The summed E-state index contributed by atoms with van der Waals surface area (Å²) < 4.78 is 0. The number of carbonyl (C=O) groups excluding carboxylic acids is 1. The normalized spacial score (nSPS) is 8.06. The van der Waals surface area contributed by atoms with E-state index in [1.165, 1.54) is 13.3 Å². The number of pyridine rings is 1. The number of amides is 1. The predicted octanol–water partition coefficient (Wildman–Crippen LogP) is -1.12. The van der Waals surface area contributed by atoms with E-state index in [1.54, 1.807) is 19.2 Å². The van der Waals surface area contributed by atoms with Crippen LogP contribution in [0.25, 0.3) is 0 Å². The van der Waals surface area contributed by atoms with E-state index in [0.29, 0.717) is 5.56 Å². The van der Waals surface area contributed by atoms with Crippen LogP contribution >= 0.6 is 0 Å². The van der Waals surface area contributed by atoms with Crippen molar-refractivity contribution in [3.05, 3.63) is 36.0 Å². The maximum Gasteiger partial charge on any atom is 2.00 e. The third-order valence-corrected chi connectivity index (χ3v) is 1.72. The van der Waals surface area contributed by atoms with Gasteiger partial charge in [-0.15, -0.1) is 0 Å². The molecule has 0 fully saturated rings. The molecule has 1 heterocycles. The Balaban J connectivity index is -0.000000410. The second-order valence-corrected chi connectivity index (χ2v) is 3.25. The first-order valence-electron chi connectivity index (χ1n) is 5.05. The summed E-state index contributed by atoms with van der Waals surface area (Å²) in [5.41, 5.74) is 1.41. The number of carbonyl (C=O) groups is 1. The number of aromatic nitrogens is 1. The van der Waals surface area contributed by atoms with Gasteiger partial charge < -0.3 is 18.8 Å². The van der Waals surface area contributed by atoms with Crippen molar-refractivity contribution in [1.82, 2.24) is 10.0 Å². The average Bonchev–Trinajstić information content (AvgIpc) is 2.29. The van der Waals surface area contributed by atoms with E-state index in [-0.39, 0.29) is 41.4 Å². The average molecular weight is 283 g/mol. The fourth-order valence-electron chi connectivity index (χ4n) is 0.859. The van der Waals surface area contributed by atoms with Gasteiger partial charge in [-0.3, -0.25) is 14.6 Å². The van der Waals surface area contributed by atoms with Crippen LogP contribution in [-0.4, -0.2) is 53.2 Å². The van der Waals surface area contributed by atoms with Gasteiger partial charge in [0.25, 0.3) is 5.91 Å². The minimum absolute atomic E-state index is 0. The minimum atomic E-state index is -0.199. The second-order valence-electron chi connectivity index (χ2n) is 3.25. The molecule has 0 N–H and O–H groups in total. The molecule has 0 saturated carbocycles. The Bertz CT molecular complexity index is 320. The molecule has 0 saturated heterocycles. The number of hydrogen-bond acceptors (Lipinski definition) is 3. The van der Waals surface area contributed by atoms with Crippen molar-refractivity contribution in [3.8, 4) is 0 Å². The van der Waals surface area contributed by atoms with E-state index in [1.807, 2.05) is 27.2 Å². The van der Waals surface area contributed by atoms with Crippen LogP contribution in [0.3, 0.4) is 0 Å². The molecule has 98 valence electrons. The van der Waals surface area contributed by atoms with Crippen LogP contribution < -0.4 is 12.4 Å². The Morgan fingerprint density at radius 3 is 2.22 bits per heavy atom. The van der Waals surface area contributed by atoms with Gasteiger partial charge in [0.05, 0.1) is 12.7 Å². The SMILES string of the molecule is CON(C)C(=O)c1ccc(C)nc1.C[CH-]C.[Cl-].[Mg+2]. The van der Waals surface area contributed by atoms with Crippen molar-refractivity contribution in [2.75, 3.05) is 14.2 Å². The molecule has 0 atom stereocenters. The standard InChI is InChI=1S/C9H12N2O2.C3H7.ClH.Mg/c1-7-4-5-8(6-10-7)9(12)11(2)13-3;1-3-2;;/h4-6H,1-3H3;3H,1-2H3;1H;/q;-1;;+2/p-1. The first-order chi connectivity index (χ1) is 7.56. The van der Waals surface area contributed by atoms with Crippen LogP contribution in [-0.2, 0) is 4.84 Å². The largest absolute Gasteiger partial charge is 2.00 e. The molecular formula is C12H19ClMgN2O2. The fourth-order valence-corrected chi connectivity index (χ4v) is 0.859. The number of hydrogen-bond donors (Lipinski definition) is 0. The summed E-state index contributed by atoms with van der Waals surface area (Å²) in [6, 6.07) is 3.51. The van der Waals surface area contributed by atoms with Gasteiger partial charge in [-0.2, -0.15) is 13.8 Å². The van der Waals surface area contributed by atoms with Gasteiger partial charge in [-0.1, -0.05) is 0 Å². The van der Waals surface area contributed by atoms with Crippen molar-refractivity contribution >= 4 is 29.0 Å². The first-order valence-corrected chi connectivity index (χ1v) is 5.05. The maximum absolute atomic E-state index is 11.4. The zero-order chi connectivity index (χ0) is 12.6. The molecule has 0 aliphatic carbocycles. The van der Waals surface area contributed by atoms with E-state index < -0.39 is 0 Å². The number of hydroxylamine groups is 2. The molecular weight excluding hydrogens is 264 g/mol. The molecule has 0 radical (unpaired) electrons. The van der Waals surface area contributed by atoms with Crippen molar-refractivity contribution in [2.45, 2.75) is 20.8 Å². The Morgan fingerprint density at radius 1 is 1.39 bits per heavy atom. The van der Waals surface area contributed by atoms with E-state index >= 15 is 0 Å². The summed E-state index contributed by atoms with van der Waals surface area (Å²) in [6.07, 6.45) is 3.53. The minimum Gasteiger partial charge on any atom is -1.00 e. The van der Waals surface area contributed by atoms with Gasteiger partial charge in [0.15, 0.2) is 0 Å². The van der Waals surface area contributed by atoms with Gasteiger partial charge in [0.1, 0.15) is 0 Å². The number of halogens is 1. The zero-order valence-corrected chi connectivity index (χ0v) is 13.8. The third-order valence-electron chi connectivity index (χ3n) is 1.72. The molecule has 1 rings (SSSR count). The molecule has 0 aromatic carbocycles. The molecule has 4 nitrogen and oxygen atoms in total. The van der Waals surface area contributed by atoms with Gasteiger partial charge in [0, 0.05) is 18.9 Å². The summed E-state index contributed by atoms with van der Waals surface area (Å²) in [4.78, 5) is 20.2. The molecule has 1 aromatic heterocycles. The molecule has 0 spiro atoms. The van der Waals surface area contributed by atoms with Gasteiger partial charge in [0.2, 0.25) is 0 Å². The van der Waals surface area contributed by atoms with Crippen LogP contribution in [0.2, 0.25) is 0 Å². The van der Waals surface area contributed by atoms with Gasteiger partial charge in [-0.05, 0) is 19.1 Å². The van der Waals surface area contributed by atoms with Crippen LogP contribution in [0.5, 0.6) is 0 Å². The van der Waals surface area contributed by atoms with Crippen molar-refractivity contribution < 1.29 is 22.0 Å². The quantitative estimate of drug-likeness (QED) is 0.392. The van der Waals surface area contributed by atoms with Crippen molar-refractivity contribution in [3.63, 3.8) is 0 Å². The second kappa shape index (κ2) is 13.1. The van der Waals surface area contributed by atoms with Crippen LogP contribution in [0.1, 0.15) is 29.9 Å². The third kappa shape index (κ3) is 8.69. The van der Waals surface area contributed by atoms with Crippen molar-refractivity contribution in [1.29, 1.82) is 0 Å². The molecule has 1 aromatic rings. The Labute approximate surface area is 132 Å². The predicted molar refractivity (Wildman–Crippen MR) is 69.5 cm³/mol. The maximum atomic E-state index is 11.4. The number of nitrogens with zero attached hydrogens (tertiary/aromatic N) is 2. The summed E-state index contributed by atoms with van der Waals surface area (Å²) >= 11 is 0. The van der Waals surface area contributed by atoms with Crippen LogP contribution in [0.4, 0.5) is 0 Å². The van der Waals surface area contributed by atoms with E-state index in [2.05, 4.69) is 4.98 Å². The van der Waals surface area contributed by atoms with Gasteiger partial charge in [-0.25, -0.2) is 5.06 Å². The van der Waals surface area contributed by atoms with E-state index in [0.717, 1.165) is 10.8 Å². The monoisotopic (exact) mass is 282 g/mol. The van der Waals surface area contributed by atoms with E-state index in [4.69, 9.17) is 4.84 Å². The molecule has 0 bridgehead atoms. The van der Waals surface area contributed by atoms with Crippen LogP contribution in [0.15, 0.2) is 18.3 Å². The summed E-state index contributed by atoms with van der Waals surface area (Å²) in [6.45, 7) is 5.87. The topological polar surface area (TPSA) is 42.4 Å². The summed E-state index contributed by atoms with van der Waals surface area (Å²) in [5, 5.41) is 1.16. The van der Waals surface area contributed by atoms with E-state index in [9.17, 15) is 4.79 Å². The van der Waals surface area contributed by atoms with Crippen LogP contribution in [0, 0.1) is 13.3 Å². The molecule has 0 unspecified atom stereocenters.